The van der Waals surface area contributed by atoms with E-state index in [4.69, 9.17) is 0 Å². The van der Waals surface area contributed by atoms with Crippen molar-refractivity contribution in [1.29, 1.82) is 0 Å². The van der Waals surface area contributed by atoms with E-state index < -0.39 is 0 Å². The Morgan fingerprint density at radius 2 is 1.68 bits per heavy atom. The van der Waals surface area contributed by atoms with Crippen LogP contribution in [0, 0.1) is 18.7 Å². The number of rotatable bonds is 4. The molecule has 1 aromatic rings. The molecule has 0 radical (unpaired) electrons. The number of piperidine rings is 3. The van der Waals surface area contributed by atoms with Crippen LogP contribution in [0.5, 0.6) is 0 Å². The Kier molecular flexibility index (Phi) is 6.54. The van der Waals surface area contributed by atoms with Crippen LogP contribution in [0.3, 0.4) is 0 Å². The fourth-order valence-corrected chi connectivity index (χ4v) is 5.56. The normalized spacial score (nSPS) is 26.7. The zero-order chi connectivity index (χ0) is 19.5. The van der Waals surface area contributed by atoms with Crippen molar-refractivity contribution in [2.24, 2.45) is 5.92 Å². The van der Waals surface area contributed by atoms with Gasteiger partial charge in [0.25, 0.3) is 0 Å². The van der Waals surface area contributed by atoms with Gasteiger partial charge >= 0.3 is 0 Å². The fraction of sp³-hybridized carbons (Fsp3) is 0.739. The van der Waals surface area contributed by atoms with Crippen molar-refractivity contribution in [2.45, 2.75) is 57.5 Å². The monoisotopic (exact) mass is 389 g/mol. The molecule has 1 unspecified atom stereocenters. The molecule has 3 aliphatic rings. The highest BCUT2D eigenvalue weighted by Gasteiger charge is 2.32. The van der Waals surface area contributed by atoms with Crippen LogP contribution in [-0.2, 0) is 0 Å². The summed E-state index contributed by atoms with van der Waals surface area (Å²) in [5.41, 5.74) is 2.24. The molecule has 1 atom stereocenters. The average Bonchev–Trinajstić information content (AvgIpc) is 2.74. The highest BCUT2D eigenvalue weighted by atomic mass is 19.1. The summed E-state index contributed by atoms with van der Waals surface area (Å²) in [7, 11) is 0. The lowest BCUT2D eigenvalue weighted by molar-refractivity contribution is 0.0368. The van der Waals surface area contributed by atoms with Crippen molar-refractivity contribution >= 4 is 5.69 Å². The molecule has 0 bridgehead atoms. The number of aliphatic hydroxyl groups is 1. The molecular formula is C23H36FN3O. The molecule has 28 heavy (non-hydrogen) atoms. The maximum Gasteiger partial charge on any atom is 0.123 e. The van der Waals surface area contributed by atoms with Gasteiger partial charge in [-0.25, -0.2) is 4.39 Å². The average molecular weight is 390 g/mol. The van der Waals surface area contributed by atoms with Gasteiger partial charge in [0.2, 0.25) is 0 Å². The first-order valence-corrected chi connectivity index (χ1v) is 11.2. The van der Waals surface area contributed by atoms with Crippen LogP contribution in [0.15, 0.2) is 18.2 Å². The molecule has 0 aliphatic carbocycles. The van der Waals surface area contributed by atoms with Gasteiger partial charge < -0.3 is 10.0 Å². The van der Waals surface area contributed by atoms with E-state index in [1.165, 1.54) is 44.5 Å². The zero-order valence-corrected chi connectivity index (χ0v) is 17.3. The Hall–Kier alpha value is -1.17. The largest absolute Gasteiger partial charge is 0.396 e. The highest BCUT2D eigenvalue weighted by Crippen LogP contribution is 2.29. The molecule has 0 aromatic heterocycles. The summed E-state index contributed by atoms with van der Waals surface area (Å²) >= 11 is 0. The Morgan fingerprint density at radius 3 is 2.36 bits per heavy atom. The second-order valence-corrected chi connectivity index (χ2v) is 9.10. The van der Waals surface area contributed by atoms with Crippen molar-refractivity contribution in [3.05, 3.63) is 29.6 Å². The molecule has 3 aliphatic heterocycles. The van der Waals surface area contributed by atoms with Gasteiger partial charge in [-0.3, -0.25) is 9.80 Å². The molecule has 3 fully saturated rings. The third kappa shape index (κ3) is 4.52. The number of aliphatic hydroxyl groups excluding tert-OH is 1. The summed E-state index contributed by atoms with van der Waals surface area (Å²) in [6.45, 7) is 9.28. The smallest absolute Gasteiger partial charge is 0.123 e. The van der Waals surface area contributed by atoms with E-state index in [0.29, 0.717) is 24.6 Å². The van der Waals surface area contributed by atoms with Gasteiger partial charge in [0, 0.05) is 44.0 Å². The van der Waals surface area contributed by atoms with Gasteiger partial charge in [-0.2, -0.15) is 0 Å². The Morgan fingerprint density at radius 1 is 0.929 bits per heavy atom. The predicted molar refractivity (Wildman–Crippen MR) is 112 cm³/mol. The van der Waals surface area contributed by atoms with Crippen LogP contribution in [0.1, 0.15) is 44.1 Å². The maximum atomic E-state index is 13.4. The molecule has 3 heterocycles. The molecule has 3 saturated heterocycles. The molecule has 0 saturated carbocycles. The minimum atomic E-state index is -0.140. The molecule has 156 valence electrons. The Labute approximate surface area is 169 Å². The molecule has 4 rings (SSSR count). The lowest BCUT2D eigenvalue weighted by Gasteiger charge is -2.46. The van der Waals surface area contributed by atoms with Crippen LogP contribution in [-0.4, -0.2) is 72.9 Å². The van der Waals surface area contributed by atoms with Crippen molar-refractivity contribution < 1.29 is 9.50 Å². The number of halogens is 1. The van der Waals surface area contributed by atoms with E-state index in [9.17, 15) is 9.50 Å². The number of likely N-dealkylation sites (tertiary alicyclic amines) is 2. The molecule has 1 aromatic carbocycles. The number of anilines is 1. The zero-order valence-electron chi connectivity index (χ0n) is 17.3. The van der Waals surface area contributed by atoms with Crippen LogP contribution < -0.4 is 4.90 Å². The molecule has 0 amide bonds. The number of hydrogen-bond acceptors (Lipinski definition) is 4. The van der Waals surface area contributed by atoms with E-state index in [1.54, 1.807) is 12.1 Å². The van der Waals surface area contributed by atoms with Crippen molar-refractivity contribution in [3.8, 4) is 0 Å². The summed E-state index contributed by atoms with van der Waals surface area (Å²) < 4.78 is 13.4. The summed E-state index contributed by atoms with van der Waals surface area (Å²) in [5, 5.41) is 9.38. The number of nitrogens with zero attached hydrogens (tertiary/aromatic N) is 3. The maximum absolute atomic E-state index is 13.4. The molecule has 1 N–H and O–H groups in total. The lowest BCUT2D eigenvalue weighted by Crippen LogP contribution is -2.54. The first kappa shape index (κ1) is 20.1. The van der Waals surface area contributed by atoms with E-state index in [0.717, 1.165) is 44.6 Å². The minimum Gasteiger partial charge on any atom is -0.396 e. The summed E-state index contributed by atoms with van der Waals surface area (Å²) in [6.07, 6.45) is 7.35. The molecule has 0 spiro atoms. The van der Waals surface area contributed by atoms with Crippen LogP contribution >= 0.6 is 0 Å². The van der Waals surface area contributed by atoms with Crippen LogP contribution in [0.25, 0.3) is 0 Å². The third-order valence-corrected chi connectivity index (χ3v) is 7.33. The first-order chi connectivity index (χ1) is 13.6. The SMILES string of the molecule is Cc1cc(F)ccc1N1CCC(N2CCCC(N3CCC(CO)CC3)C2)CC1. The number of benzene rings is 1. The van der Waals surface area contributed by atoms with Gasteiger partial charge in [-0.15, -0.1) is 0 Å². The number of aryl methyl sites for hydroxylation is 1. The standard InChI is InChI=1S/C23H36FN3O/c1-18-15-20(24)4-5-23(18)26-13-8-21(9-14-26)27-10-2-3-22(16-27)25-11-6-19(17-28)7-12-25/h4-5,15,19,21-22,28H,2-3,6-14,16-17H2,1H3. The Balaban J connectivity index is 1.29. The van der Waals surface area contributed by atoms with Gasteiger partial charge in [0.1, 0.15) is 5.82 Å². The summed E-state index contributed by atoms with van der Waals surface area (Å²) in [4.78, 5) is 7.88. The van der Waals surface area contributed by atoms with Gasteiger partial charge in [-0.05, 0) is 94.8 Å². The third-order valence-electron chi connectivity index (χ3n) is 7.33. The predicted octanol–water partition coefficient (Wildman–Crippen LogP) is 3.27. The number of hydrogen-bond donors (Lipinski definition) is 1. The lowest BCUT2D eigenvalue weighted by atomic mass is 9.93. The van der Waals surface area contributed by atoms with E-state index >= 15 is 0 Å². The van der Waals surface area contributed by atoms with Gasteiger partial charge in [-0.1, -0.05) is 0 Å². The first-order valence-electron chi connectivity index (χ1n) is 11.2. The molecular weight excluding hydrogens is 353 g/mol. The van der Waals surface area contributed by atoms with Crippen LogP contribution in [0.2, 0.25) is 0 Å². The molecule has 4 nitrogen and oxygen atoms in total. The quantitative estimate of drug-likeness (QED) is 0.856. The van der Waals surface area contributed by atoms with E-state index in [2.05, 4.69) is 14.7 Å². The van der Waals surface area contributed by atoms with Crippen molar-refractivity contribution in [2.75, 3.05) is 50.8 Å². The minimum absolute atomic E-state index is 0.140. The van der Waals surface area contributed by atoms with E-state index in [1.807, 2.05) is 13.0 Å². The second-order valence-electron chi connectivity index (χ2n) is 9.10. The highest BCUT2D eigenvalue weighted by molar-refractivity contribution is 5.53. The van der Waals surface area contributed by atoms with Crippen molar-refractivity contribution in [1.82, 2.24) is 9.80 Å². The summed E-state index contributed by atoms with van der Waals surface area (Å²) in [5.74, 6) is 0.383. The summed E-state index contributed by atoms with van der Waals surface area (Å²) in [6, 6.07) is 6.57. The van der Waals surface area contributed by atoms with Gasteiger partial charge in [0.15, 0.2) is 0 Å². The van der Waals surface area contributed by atoms with Gasteiger partial charge in [0.05, 0.1) is 0 Å². The Bertz CT molecular complexity index is 639. The van der Waals surface area contributed by atoms with E-state index in [-0.39, 0.29) is 5.82 Å². The topological polar surface area (TPSA) is 30.0 Å². The second kappa shape index (κ2) is 9.10. The van der Waals surface area contributed by atoms with Crippen molar-refractivity contribution in [3.63, 3.8) is 0 Å². The fourth-order valence-electron chi connectivity index (χ4n) is 5.56. The molecule has 5 heteroatoms. The van der Waals surface area contributed by atoms with Crippen LogP contribution in [0.4, 0.5) is 10.1 Å².